The number of halogens is 1. The molecule has 0 atom stereocenters. The fourth-order valence-electron chi connectivity index (χ4n) is 2.32. The van der Waals surface area contributed by atoms with E-state index in [0.29, 0.717) is 12.5 Å². The van der Waals surface area contributed by atoms with Crippen molar-refractivity contribution in [3.63, 3.8) is 0 Å². The van der Waals surface area contributed by atoms with E-state index in [0.717, 1.165) is 25.9 Å². The number of pyridine rings is 1. The number of aromatic nitrogens is 1. The zero-order valence-corrected chi connectivity index (χ0v) is 11.1. The van der Waals surface area contributed by atoms with Crippen molar-refractivity contribution < 1.29 is 9.90 Å². The molecule has 4 nitrogen and oxygen atoms in total. The summed E-state index contributed by atoms with van der Waals surface area (Å²) >= 11 is 0. The second-order valence-electron chi connectivity index (χ2n) is 4.51. The predicted octanol–water partition coefficient (Wildman–Crippen LogP) is 2.16. The van der Waals surface area contributed by atoms with Gasteiger partial charge in [0, 0.05) is 24.4 Å². The van der Waals surface area contributed by atoms with Gasteiger partial charge in [-0.2, -0.15) is 0 Å². The third kappa shape index (κ3) is 4.27. The largest absolute Gasteiger partial charge is 0.481 e. The minimum absolute atomic E-state index is 0. The minimum Gasteiger partial charge on any atom is -0.481 e. The van der Waals surface area contributed by atoms with Gasteiger partial charge in [0.15, 0.2) is 0 Å². The summed E-state index contributed by atoms with van der Waals surface area (Å²) in [5.41, 5.74) is 1.17. The van der Waals surface area contributed by atoms with Gasteiger partial charge in [-0.25, -0.2) is 0 Å². The molecule has 0 spiro atoms. The maximum atomic E-state index is 10.5. The van der Waals surface area contributed by atoms with Gasteiger partial charge >= 0.3 is 5.97 Å². The average molecular weight is 271 g/mol. The van der Waals surface area contributed by atoms with Gasteiger partial charge in [0.2, 0.25) is 0 Å². The van der Waals surface area contributed by atoms with E-state index in [1.165, 1.54) is 5.69 Å². The van der Waals surface area contributed by atoms with Crippen LogP contribution >= 0.6 is 12.4 Å². The van der Waals surface area contributed by atoms with E-state index in [1.54, 1.807) is 0 Å². The van der Waals surface area contributed by atoms with Crippen LogP contribution < -0.4 is 0 Å². The highest BCUT2D eigenvalue weighted by Crippen LogP contribution is 2.26. The van der Waals surface area contributed by atoms with E-state index in [-0.39, 0.29) is 18.8 Å². The summed E-state index contributed by atoms with van der Waals surface area (Å²) in [7, 11) is 0. The number of carbonyl (C=O) groups is 1. The average Bonchev–Trinajstić information content (AvgIpc) is 2.38. The molecule has 1 fully saturated rings. The van der Waals surface area contributed by atoms with Gasteiger partial charge in [-0.05, 0) is 38.1 Å². The van der Waals surface area contributed by atoms with Gasteiger partial charge in [-0.3, -0.25) is 9.78 Å². The van der Waals surface area contributed by atoms with E-state index in [1.807, 2.05) is 18.3 Å². The number of aliphatic carboxylic acids is 1. The Kier molecular flexibility index (Phi) is 6.09. The molecule has 1 saturated heterocycles. The molecule has 1 aromatic heterocycles. The molecular formula is C13H19ClN2O2. The van der Waals surface area contributed by atoms with Gasteiger partial charge in [0.25, 0.3) is 0 Å². The molecule has 1 aliphatic rings. The normalized spacial score (nSPS) is 17.1. The smallest absolute Gasteiger partial charge is 0.304 e. The van der Waals surface area contributed by atoms with Crippen LogP contribution in [0.2, 0.25) is 0 Å². The Bertz CT molecular complexity index is 365. The second-order valence-corrected chi connectivity index (χ2v) is 4.51. The summed E-state index contributed by atoms with van der Waals surface area (Å²) in [5.74, 6) is -0.172. The van der Waals surface area contributed by atoms with Gasteiger partial charge in [0.1, 0.15) is 0 Å². The van der Waals surface area contributed by atoms with Crippen LogP contribution in [0.25, 0.3) is 0 Å². The summed E-state index contributed by atoms with van der Waals surface area (Å²) in [6.45, 7) is 2.63. The highest BCUT2D eigenvalue weighted by molar-refractivity contribution is 5.85. The van der Waals surface area contributed by atoms with Crippen LogP contribution in [0.4, 0.5) is 0 Å². The van der Waals surface area contributed by atoms with Crippen molar-refractivity contribution in [3.8, 4) is 0 Å². The Balaban J connectivity index is 0.00000162. The quantitative estimate of drug-likeness (QED) is 0.911. The van der Waals surface area contributed by atoms with Crippen molar-refractivity contribution in [1.82, 2.24) is 9.88 Å². The van der Waals surface area contributed by atoms with Gasteiger partial charge in [-0.15, -0.1) is 12.4 Å². The summed E-state index contributed by atoms with van der Waals surface area (Å²) in [5, 5.41) is 8.64. The predicted molar refractivity (Wildman–Crippen MR) is 72.2 cm³/mol. The lowest BCUT2D eigenvalue weighted by atomic mass is 9.93. The second kappa shape index (κ2) is 7.34. The number of hydrogen-bond acceptors (Lipinski definition) is 3. The van der Waals surface area contributed by atoms with Crippen molar-refractivity contribution in [1.29, 1.82) is 0 Å². The van der Waals surface area contributed by atoms with Crippen molar-refractivity contribution in [3.05, 3.63) is 30.1 Å². The molecule has 5 heteroatoms. The number of nitrogens with zero attached hydrogens (tertiary/aromatic N) is 2. The SMILES string of the molecule is Cl.O=C(O)CCN1CCC(c2ccccn2)CC1. The minimum atomic E-state index is -0.711. The Labute approximate surface area is 113 Å². The summed E-state index contributed by atoms with van der Waals surface area (Å²) in [4.78, 5) is 17.1. The Hall–Kier alpha value is -1.13. The molecule has 0 amide bonds. The molecule has 0 aliphatic carbocycles. The molecule has 0 saturated carbocycles. The molecule has 2 rings (SSSR count). The summed E-state index contributed by atoms with van der Waals surface area (Å²) in [6, 6.07) is 6.04. The van der Waals surface area contributed by atoms with E-state index < -0.39 is 5.97 Å². The molecule has 0 bridgehead atoms. The van der Waals surface area contributed by atoms with Crippen LogP contribution in [0.1, 0.15) is 30.9 Å². The number of carboxylic acids is 1. The van der Waals surface area contributed by atoms with Crippen LogP contribution in [0, 0.1) is 0 Å². The van der Waals surface area contributed by atoms with Crippen LogP contribution in [0.5, 0.6) is 0 Å². The number of piperidine rings is 1. The fraction of sp³-hybridized carbons (Fsp3) is 0.538. The molecule has 0 unspecified atom stereocenters. The van der Waals surface area contributed by atoms with Gasteiger partial charge in [0.05, 0.1) is 6.42 Å². The van der Waals surface area contributed by atoms with Crippen LogP contribution in [-0.4, -0.2) is 40.6 Å². The standard InChI is InChI=1S/C13H18N2O2.ClH/c16-13(17)6-10-15-8-4-11(5-9-15)12-3-1-2-7-14-12;/h1-3,7,11H,4-6,8-10H2,(H,16,17);1H. The molecule has 2 heterocycles. The third-order valence-corrected chi connectivity index (χ3v) is 3.34. The molecule has 18 heavy (non-hydrogen) atoms. The van der Waals surface area contributed by atoms with E-state index in [2.05, 4.69) is 16.0 Å². The van der Waals surface area contributed by atoms with Gasteiger partial charge in [-0.1, -0.05) is 6.07 Å². The summed E-state index contributed by atoms with van der Waals surface area (Å²) < 4.78 is 0. The van der Waals surface area contributed by atoms with E-state index in [4.69, 9.17) is 5.11 Å². The number of likely N-dealkylation sites (tertiary alicyclic amines) is 1. The monoisotopic (exact) mass is 270 g/mol. The van der Waals surface area contributed by atoms with Gasteiger partial charge < -0.3 is 10.0 Å². The molecule has 100 valence electrons. The van der Waals surface area contributed by atoms with Crippen molar-refractivity contribution in [2.45, 2.75) is 25.2 Å². The maximum Gasteiger partial charge on any atom is 0.304 e. The lowest BCUT2D eigenvalue weighted by Gasteiger charge is -2.31. The van der Waals surface area contributed by atoms with Crippen molar-refractivity contribution in [2.75, 3.05) is 19.6 Å². The molecule has 1 aliphatic heterocycles. The lowest BCUT2D eigenvalue weighted by molar-refractivity contribution is -0.137. The first-order chi connectivity index (χ1) is 8.25. The van der Waals surface area contributed by atoms with Crippen molar-refractivity contribution in [2.24, 2.45) is 0 Å². The Morgan fingerprint density at radius 1 is 1.39 bits per heavy atom. The first kappa shape index (κ1) is 14.9. The fourth-order valence-corrected chi connectivity index (χ4v) is 2.32. The molecular weight excluding hydrogens is 252 g/mol. The number of rotatable bonds is 4. The van der Waals surface area contributed by atoms with Crippen LogP contribution in [0.3, 0.4) is 0 Å². The highest BCUT2D eigenvalue weighted by atomic mass is 35.5. The molecule has 1 aromatic rings. The number of hydrogen-bond donors (Lipinski definition) is 1. The van der Waals surface area contributed by atoms with E-state index >= 15 is 0 Å². The lowest BCUT2D eigenvalue weighted by Crippen LogP contribution is -2.34. The Morgan fingerprint density at radius 3 is 2.67 bits per heavy atom. The Morgan fingerprint density at radius 2 is 2.11 bits per heavy atom. The zero-order chi connectivity index (χ0) is 12.1. The summed E-state index contributed by atoms with van der Waals surface area (Å²) in [6.07, 6.45) is 4.24. The third-order valence-electron chi connectivity index (χ3n) is 3.34. The van der Waals surface area contributed by atoms with Crippen LogP contribution in [-0.2, 0) is 4.79 Å². The number of carboxylic acid groups (broad SMARTS) is 1. The molecule has 0 radical (unpaired) electrons. The van der Waals surface area contributed by atoms with Crippen molar-refractivity contribution >= 4 is 18.4 Å². The highest BCUT2D eigenvalue weighted by Gasteiger charge is 2.21. The molecule has 1 N–H and O–H groups in total. The zero-order valence-electron chi connectivity index (χ0n) is 10.3. The first-order valence-corrected chi connectivity index (χ1v) is 6.11. The topological polar surface area (TPSA) is 53.4 Å². The maximum absolute atomic E-state index is 10.5. The first-order valence-electron chi connectivity index (χ1n) is 6.11. The van der Waals surface area contributed by atoms with E-state index in [9.17, 15) is 4.79 Å². The molecule has 0 aromatic carbocycles. The van der Waals surface area contributed by atoms with Crippen LogP contribution in [0.15, 0.2) is 24.4 Å².